The van der Waals surface area contributed by atoms with Crippen LogP contribution in [-0.2, 0) is 11.3 Å². The zero-order chi connectivity index (χ0) is 17.4. The van der Waals surface area contributed by atoms with Crippen molar-refractivity contribution in [2.24, 2.45) is 0 Å². The van der Waals surface area contributed by atoms with Gasteiger partial charge in [-0.25, -0.2) is 4.79 Å². The molecular weight excluding hydrogens is 328 g/mol. The predicted octanol–water partition coefficient (Wildman–Crippen LogP) is 1.74. The highest BCUT2D eigenvalue weighted by atomic mass is 35.5. The number of carbonyl (C=O) groups excluding carboxylic acids is 2. The minimum absolute atomic E-state index is 0.0168. The molecule has 1 aromatic carbocycles. The summed E-state index contributed by atoms with van der Waals surface area (Å²) in [5.74, 6) is -0.0350. The second kappa shape index (κ2) is 9.49. The summed E-state index contributed by atoms with van der Waals surface area (Å²) >= 11 is 5.82. The van der Waals surface area contributed by atoms with Crippen LogP contribution < -0.4 is 16.0 Å². The van der Waals surface area contributed by atoms with Crippen molar-refractivity contribution in [1.29, 1.82) is 0 Å². The number of hydrogen-bond donors (Lipinski definition) is 3. The average molecular weight is 353 g/mol. The molecule has 24 heavy (non-hydrogen) atoms. The van der Waals surface area contributed by atoms with Gasteiger partial charge in [0, 0.05) is 30.7 Å². The minimum atomic E-state index is -0.348. The number of rotatable bonds is 7. The van der Waals surface area contributed by atoms with Gasteiger partial charge in [0.15, 0.2) is 0 Å². The number of nitrogens with one attached hydrogen (secondary N) is 3. The summed E-state index contributed by atoms with van der Waals surface area (Å²) in [6.07, 6.45) is 1.87. The van der Waals surface area contributed by atoms with Crippen molar-refractivity contribution in [3.63, 3.8) is 0 Å². The standard InChI is InChI=1S/C17H25ClN4O2/c1-2-9-22(15-7-8-19-11-15)16(23)12-21-17(24)20-10-13-3-5-14(18)6-4-13/h3-6,15,19H,2,7-12H2,1H3,(H2,20,21,24). The molecule has 1 fully saturated rings. The maximum Gasteiger partial charge on any atom is 0.315 e. The third-order valence-electron chi connectivity index (χ3n) is 4.03. The zero-order valence-electron chi connectivity index (χ0n) is 14.0. The van der Waals surface area contributed by atoms with E-state index >= 15 is 0 Å². The van der Waals surface area contributed by atoms with Crippen LogP contribution in [0.3, 0.4) is 0 Å². The Labute approximate surface area is 147 Å². The van der Waals surface area contributed by atoms with E-state index in [1.807, 2.05) is 17.0 Å². The van der Waals surface area contributed by atoms with Crippen LogP contribution in [0.15, 0.2) is 24.3 Å². The molecule has 1 unspecified atom stereocenters. The maximum absolute atomic E-state index is 12.4. The first-order valence-electron chi connectivity index (χ1n) is 8.36. The Bertz CT molecular complexity index is 544. The number of halogens is 1. The first-order valence-corrected chi connectivity index (χ1v) is 8.74. The third-order valence-corrected chi connectivity index (χ3v) is 4.28. The molecule has 3 amide bonds. The molecule has 132 valence electrons. The summed E-state index contributed by atoms with van der Waals surface area (Å²) in [5.41, 5.74) is 0.950. The Morgan fingerprint density at radius 3 is 2.67 bits per heavy atom. The summed E-state index contributed by atoms with van der Waals surface area (Å²) in [6.45, 7) is 4.95. The number of urea groups is 1. The quantitative estimate of drug-likeness (QED) is 0.699. The van der Waals surface area contributed by atoms with Crippen LogP contribution in [0.2, 0.25) is 5.02 Å². The highest BCUT2D eigenvalue weighted by Crippen LogP contribution is 2.10. The smallest absolute Gasteiger partial charge is 0.315 e. The van der Waals surface area contributed by atoms with Crippen molar-refractivity contribution >= 4 is 23.5 Å². The lowest BCUT2D eigenvalue weighted by molar-refractivity contribution is -0.132. The molecule has 1 aliphatic rings. The van der Waals surface area contributed by atoms with Crippen LogP contribution in [0.5, 0.6) is 0 Å². The molecule has 0 bridgehead atoms. The van der Waals surface area contributed by atoms with Crippen molar-refractivity contribution in [3.8, 4) is 0 Å². The van der Waals surface area contributed by atoms with Gasteiger partial charge in [0.1, 0.15) is 0 Å². The molecule has 0 aliphatic carbocycles. The van der Waals surface area contributed by atoms with E-state index in [1.54, 1.807) is 12.1 Å². The highest BCUT2D eigenvalue weighted by Gasteiger charge is 2.25. The van der Waals surface area contributed by atoms with Crippen LogP contribution in [0.25, 0.3) is 0 Å². The first-order chi connectivity index (χ1) is 11.6. The largest absolute Gasteiger partial charge is 0.337 e. The van der Waals surface area contributed by atoms with Gasteiger partial charge < -0.3 is 20.9 Å². The second-order valence-electron chi connectivity index (χ2n) is 5.90. The van der Waals surface area contributed by atoms with E-state index in [-0.39, 0.29) is 24.5 Å². The molecule has 1 heterocycles. The number of benzene rings is 1. The summed E-state index contributed by atoms with van der Waals surface area (Å²) in [6, 6.07) is 7.14. The Morgan fingerprint density at radius 2 is 2.04 bits per heavy atom. The predicted molar refractivity (Wildman–Crippen MR) is 95.0 cm³/mol. The normalized spacial score (nSPS) is 16.7. The van der Waals surface area contributed by atoms with E-state index in [0.29, 0.717) is 11.6 Å². The molecule has 1 aromatic rings. The fraction of sp³-hybridized carbons (Fsp3) is 0.529. The lowest BCUT2D eigenvalue weighted by Crippen LogP contribution is -2.48. The number of hydrogen-bond acceptors (Lipinski definition) is 3. The van der Waals surface area contributed by atoms with Crippen molar-refractivity contribution in [2.75, 3.05) is 26.2 Å². The van der Waals surface area contributed by atoms with Gasteiger partial charge >= 0.3 is 6.03 Å². The van der Waals surface area contributed by atoms with Crippen molar-refractivity contribution < 1.29 is 9.59 Å². The molecule has 0 radical (unpaired) electrons. The van der Waals surface area contributed by atoms with Crippen LogP contribution in [-0.4, -0.2) is 49.1 Å². The molecule has 1 aliphatic heterocycles. The highest BCUT2D eigenvalue weighted by molar-refractivity contribution is 6.30. The summed E-state index contributed by atoms with van der Waals surface area (Å²) in [4.78, 5) is 26.1. The van der Waals surface area contributed by atoms with E-state index in [2.05, 4.69) is 22.9 Å². The Morgan fingerprint density at radius 1 is 1.29 bits per heavy atom. The van der Waals surface area contributed by atoms with Crippen molar-refractivity contribution in [1.82, 2.24) is 20.9 Å². The molecule has 2 rings (SSSR count). The SMILES string of the molecule is CCCN(C(=O)CNC(=O)NCc1ccc(Cl)cc1)C1CCNC1. The monoisotopic (exact) mass is 352 g/mol. The summed E-state index contributed by atoms with van der Waals surface area (Å²) in [5, 5.41) is 9.31. The van der Waals surface area contributed by atoms with Crippen LogP contribution >= 0.6 is 11.6 Å². The van der Waals surface area contributed by atoms with Crippen molar-refractivity contribution in [3.05, 3.63) is 34.9 Å². The van der Waals surface area contributed by atoms with Crippen molar-refractivity contribution in [2.45, 2.75) is 32.4 Å². The van der Waals surface area contributed by atoms with Gasteiger partial charge in [0.05, 0.1) is 6.54 Å². The van der Waals surface area contributed by atoms with Crippen LogP contribution in [0.4, 0.5) is 4.79 Å². The Kier molecular flexibility index (Phi) is 7.34. The van der Waals surface area contributed by atoms with Gasteiger partial charge in [-0.15, -0.1) is 0 Å². The Balaban J connectivity index is 1.74. The van der Waals surface area contributed by atoms with Gasteiger partial charge in [-0.3, -0.25) is 4.79 Å². The van der Waals surface area contributed by atoms with E-state index < -0.39 is 0 Å². The molecule has 0 saturated carbocycles. The number of amides is 3. The molecule has 7 heteroatoms. The van der Waals surface area contributed by atoms with Crippen LogP contribution in [0, 0.1) is 0 Å². The van der Waals surface area contributed by atoms with Gasteiger partial charge in [-0.2, -0.15) is 0 Å². The molecule has 6 nitrogen and oxygen atoms in total. The fourth-order valence-electron chi connectivity index (χ4n) is 2.76. The van der Waals surface area contributed by atoms with Gasteiger partial charge in [-0.1, -0.05) is 30.7 Å². The van der Waals surface area contributed by atoms with Gasteiger partial charge in [0.25, 0.3) is 0 Å². The summed E-state index contributed by atoms with van der Waals surface area (Å²) < 4.78 is 0. The molecule has 1 atom stereocenters. The minimum Gasteiger partial charge on any atom is -0.337 e. The third kappa shape index (κ3) is 5.69. The molecule has 3 N–H and O–H groups in total. The number of carbonyl (C=O) groups is 2. The lowest BCUT2D eigenvalue weighted by Gasteiger charge is -2.28. The van der Waals surface area contributed by atoms with E-state index in [4.69, 9.17) is 11.6 Å². The van der Waals surface area contributed by atoms with Gasteiger partial charge in [-0.05, 0) is 37.1 Å². The summed E-state index contributed by atoms with van der Waals surface area (Å²) in [7, 11) is 0. The maximum atomic E-state index is 12.4. The van der Waals surface area contributed by atoms with E-state index in [1.165, 1.54) is 0 Å². The van der Waals surface area contributed by atoms with Gasteiger partial charge in [0.2, 0.25) is 5.91 Å². The molecule has 0 spiro atoms. The Hall–Kier alpha value is -1.79. The molecular formula is C17H25ClN4O2. The second-order valence-corrected chi connectivity index (χ2v) is 6.33. The molecule has 0 aromatic heterocycles. The molecule has 1 saturated heterocycles. The van der Waals surface area contributed by atoms with E-state index in [0.717, 1.165) is 38.0 Å². The lowest BCUT2D eigenvalue weighted by atomic mass is 10.2. The van der Waals surface area contributed by atoms with Crippen LogP contribution in [0.1, 0.15) is 25.3 Å². The zero-order valence-corrected chi connectivity index (χ0v) is 14.7. The first kappa shape index (κ1) is 18.5. The fourth-order valence-corrected chi connectivity index (χ4v) is 2.89. The topological polar surface area (TPSA) is 73.5 Å². The number of nitrogens with zero attached hydrogens (tertiary/aromatic N) is 1. The average Bonchev–Trinajstić information content (AvgIpc) is 3.11. The van der Waals surface area contributed by atoms with E-state index in [9.17, 15) is 9.59 Å².